The van der Waals surface area contributed by atoms with Crippen LogP contribution in [0.3, 0.4) is 0 Å². The van der Waals surface area contributed by atoms with E-state index in [9.17, 15) is 9.59 Å². The molecule has 3 aromatic rings. The van der Waals surface area contributed by atoms with E-state index in [0.717, 1.165) is 22.0 Å². The van der Waals surface area contributed by atoms with Crippen molar-refractivity contribution in [3.63, 3.8) is 0 Å². The molecule has 2 amide bonds. The third kappa shape index (κ3) is 3.27. The molecule has 0 spiro atoms. The van der Waals surface area contributed by atoms with E-state index in [1.54, 1.807) is 26.4 Å². The van der Waals surface area contributed by atoms with E-state index in [1.165, 1.54) is 4.90 Å². The Labute approximate surface area is 169 Å². The molecular formula is C23H22N2O4. The lowest BCUT2D eigenvalue weighted by Gasteiger charge is -2.20. The molecule has 29 heavy (non-hydrogen) atoms. The number of nitrogens with zero attached hydrogens (tertiary/aromatic N) is 1. The summed E-state index contributed by atoms with van der Waals surface area (Å²) in [5, 5.41) is 4.86. The van der Waals surface area contributed by atoms with Gasteiger partial charge in [0.1, 0.15) is 6.54 Å². The SMILES string of the molecule is COc1ccc([C@@H](C)NC(=O)CN2C(=O)c3cccc4cccc2c34)cc1OC. The van der Waals surface area contributed by atoms with Gasteiger partial charge in [0.2, 0.25) is 5.91 Å². The van der Waals surface area contributed by atoms with Crippen molar-refractivity contribution in [2.24, 2.45) is 0 Å². The molecule has 1 N–H and O–H groups in total. The fourth-order valence-electron chi connectivity index (χ4n) is 3.77. The minimum Gasteiger partial charge on any atom is -0.493 e. The lowest BCUT2D eigenvalue weighted by atomic mass is 10.1. The van der Waals surface area contributed by atoms with Crippen LogP contribution in [0.4, 0.5) is 5.69 Å². The summed E-state index contributed by atoms with van der Waals surface area (Å²) in [5.74, 6) is 0.849. The van der Waals surface area contributed by atoms with Crippen molar-refractivity contribution in [2.75, 3.05) is 25.7 Å². The maximum Gasteiger partial charge on any atom is 0.259 e. The average molecular weight is 390 g/mol. The fourth-order valence-corrected chi connectivity index (χ4v) is 3.77. The number of amides is 2. The van der Waals surface area contributed by atoms with Gasteiger partial charge in [0.25, 0.3) is 5.91 Å². The number of hydrogen-bond acceptors (Lipinski definition) is 4. The van der Waals surface area contributed by atoms with Crippen LogP contribution in [0.25, 0.3) is 10.8 Å². The number of benzene rings is 3. The van der Waals surface area contributed by atoms with Crippen LogP contribution in [0.15, 0.2) is 54.6 Å². The van der Waals surface area contributed by atoms with Gasteiger partial charge in [-0.05, 0) is 42.1 Å². The summed E-state index contributed by atoms with van der Waals surface area (Å²) < 4.78 is 10.6. The van der Waals surface area contributed by atoms with Crippen molar-refractivity contribution in [1.29, 1.82) is 0 Å². The molecule has 0 saturated carbocycles. The molecule has 4 rings (SSSR count). The lowest BCUT2D eigenvalue weighted by Crippen LogP contribution is -2.39. The van der Waals surface area contributed by atoms with Gasteiger partial charge in [0.15, 0.2) is 11.5 Å². The maximum absolute atomic E-state index is 12.8. The molecule has 1 aliphatic heterocycles. The number of anilines is 1. The van der Waals surface area contributed by atoms with E-state index in [4.69, 9.17) is 9.47 Å². The average Bonchev–Trinajstić information content (AvgIpc) is 3.01. The molecule has 6 heteroatoms. The van der Waals surface area contributed by atoms with Crippen LogP contribution in [-0.4, -0.2) is 32.6 Å². The Bertz CT molecular complexity index is 1100. The maximum atomic E-state index is 12.8. The van der Waals surface area contributed by atoms with Gasteiger partial charge in [-0.15, -0.1) is 0 Å². The van der Waals surface area contributed by atoms with E-state index < -0.39 is 0 Å². The molecule has 0 radical (unpaired) electrons. The first kappa shape index (κ1) is 18.8. The van der Waals surface area contributed by atoms with Gasteiger partial charge in [-0.25, -0.2) is 0 Å². The number of hydrogen-bond donors (Lipinski definition) is 1. The second-order valence-electron chi connectivity index (χ2n) is 6.98. The molecule has 0 bridgehead atoms. The van der Waals surface area contributed by atoms with Crippen LogP contribution >= 0.6 is 0 Å². The Hall–Kier alpha value is -3.54. The highest BCUT2D eigenvalue weighted by molar-refractivity contribution is 6.26. The molecule has 0 aromatic heterocycles. The van der Waals surface area contributed by atoms with Gasteiger partial charge in [-0.1, -0.05) is 30.3 Å². The van der Waals surface area contributed by atoms with Crippen molar-refractivity contribution in [3.8, 4) is 11.5 Å². The summed E-state index contributed by atoms with van der Waals surface area (Å²) in [6.45, 7) is 1.85. The summed E-state index contributed by atoms with van der Waals surface area (Å²) >= 11 is 0. The number of methoxy groups -OCH3 is 2. The van der Waals surface area contributed by atoms with E-state index >= 15 is 0 Å². The topological polar surface area (TPSA) is 67.9 Å². The minimum absolute atomic E-state index is 0.0374. The first-order valence-electron chi connectivity index (χ1n) is 9.38. The van der Waals surface area contributed by atoms with Crippen molar-refractivity contribution >= 4 is 28.3 Å². The summed E-state index contributed by atoms with van der Waals surface area (Å²) in [5.41, 5.74) is 2.30. The summed E-state index contributed by atoms with van der Waals surface area (Å²) in [6, 6.07) is 16.7. The third-order valence-corrected chi connectivity index (χ3v) is 5.24. The van der Waals surface area contributed by atoms with Crippen LogP contribution < -0.4 is 19.7 Å². The smallest absolute Gasteiger partial charge is 0.259 e. The second kappa shape index (κ2) is 7.47. The molecule has 0 fully saturated rings. The summed E-state index contributed by atoms with van der Waals surface area (Å²) in [4.78, 5) is 27.1. The Balaban J connectivity index is 1.51. The highest BCUT2D eigenvalue weighted by atomic mass is 16.5. The molecule has 0 saturated heterocycles. The molecule has 0 unspecified atom stereocenters. The zero-order valence-electron chi connectivity index (χ0n) is 16.6. The molecule has 148 valence electrons. The molecule has 6 nitrogen and oxygen atoms in total. The predicted molar refractivity (Wildman–Crippen MR) is 112 cm³/mol. The summed E-state index contributed by atoms with van der Waals surface area (Å²) in [7, 11) is 3.15. The van der Waals surface area contributed by atoms with Crippen molar-refractivity contribution in [1.82, 2.24) is 5.32 Å². The number of nitrogens with one attached hydrogen (secondary N) is 1. The Kier molecular flexibility index (Phi) is 4.84. The largest absolute Gasteiger partial charge is 0.493 e. The van der Waals surface area contributed by atoms with Crippen LogP contribution in [0.5, 0.6) is 11.5 Å². The monoisotopic (exact) mass is 390 g/mol. The first-order valence-corrected chi connectivity index (χ1v) is 9.38. The Morgan fingerprint density at radius 1 is 1.03 bits per heavy atom. The molecule has 1 atom stereocenters. The number of ether oxygens (including phenoxy) is 2. The lowest BCUT2D eigenvalue weighted by molar-refractivity contribution is -0.120. The van der Waals surface area contributed by atoms with Gasteiger partial charge in [0, 0.05) is 10.9 Å². The van der Waals surface area contributed by atoms with E-state index in [1.807, 2.05) is 49.4 Å². The van der Waals surface area contributed by atoms with Gasteiger partial charge < -0.3 is 14.8 Å². The van der Waals surface area contributed by atoms with Crippen molar-refractivity contribution in [3.05, 3.63) is 65.7 Å². The molecule has 3 aromatic carbocycles. The number of carbonyl (C=O) groups is 2. The highest BCUT2D eigenvalue weighted by Gasteiger charge is 2.31. The van der Waals surface area contributed by atoms with Crippen LogP contribution in [-0.2, 0) is 4.79 Å². The molecular weight excluding hydrogens is 368 g/mol. The minimum atomic E-state index is -0.252. The van der Waals surface area contributed by atoms with E-state index in [-0.39, 0.29) is 24.4 Å². The summed E-state index contributed by atoms with van der Waals surface area (Å²) in [6.07, 6.45) is 0. The molecule has 0 aliphatic carbocycles. The van der Waals surface area contributed by atoms with Crippen molar-refractivity contribution < 1.29 is 19.1 Å². The predicted octanol–water partition coefficient (Wildman–Crippen LogP) is 3.69. The quantitative estimate of drug-likeness (QED) is 0.697. The fraction of sp³-hybridized carbons (Fsp3) is 0.217. The Morgan fingerprint density at radius 3 is 2.48 bits per heavy atom. The van der Waals surface area contributed by atoms with E-state index in [0.29, 0.717) is 17.1 Å². The first-order chi connectivity index (χ1) is 14.0. The van der Waals surface area contributed by atoms with Gasteiger partial charge in [-0.2, -0.15) is 0 Å². The Morgan fingerprint density at radius 2 is 1.76 bits per heavy atom. The van der Waals surface area contributed by atoms with Crippen LogP contribution in [0, 0.1) is 0 Å². The number of rotatable bonds is 6. The van der Waals surface area contributed by atoms with Crippen molar-refractivity contribution in [2.45, 2.75) is 13.0 Å². The normalized spacial score (nSPS) is 13.5. The van der Waals surface area contributed by atoms with E-state index in [2.05, 4.69) is 5.32 Å². The zero-order valence-corrected chi connectivity index (χ0v) is 16.6. The molecule has 1 aliphatic rings. The van der Waals surface area contributed by atoms with Gasteiger partial charge in [0.05, 0.1) is 25.9 Å². The van der Waals surface area contributed by atoms with Crippen LogP contribution in [0.1, 0.15) is 28.9 Å². The molecule has 1 heterocycles. The number of carbonyl (C=O) groups excluding carboxylic acids is 2. The zero-order chi connectivity index (χ0) is 20.5. The second-order valence-corrected chi connectivity index (χ2v) is 6.98. The van der Waals surface area contributed by atoms with Crippen LogP contribution in [0.2, 0.25) is 0 Å². The highest BCUT2D eigenvalue weighted by Crippen LogP contribution is 2.37. The third-order valence-electron chi connectivity index (χ3n) is 5.24. The van der Waals surface area contributed by atoms with Gasteiger partial charge >= 0.3 is 0 Å². The standard InChI is InChI=1S/C23H22N2O4/c1-14(16-10-11-19(28-2)20(12-16)29-3)24-21(26)13-25-18-9-5-7-15-6-4-8-17(22(15)18)23(25)27/h4-12,14H,13H2,1-3H3,(H,24,26)/t14-/m1/s1. The van der Waals surface area contributed by atoms with Gasteiger partial charge in [-0.3, -0.25) is 14.5 Å².